The van der Waals surface area contributed by atoms with Crippen LogP contribution in [0, 0.1) is 0 Å². The first kappa shape index (κ1) is 38.5. The summed E-state index contributed by atoms with van der Waals surface area (Å²) in [5.41, 5.74) is 0.184. The Labute approximate surface area is 284 Å². The number of aromatic nitrogens is 2. The highest BCUT2D eigenvalue weighted by Gasteiger charge is 2.53. The zero-order valence-corrected chi connectivity index (χ0v) is 32.8. The third-order valence-electron chi connectivity index (χ3n) is 9.30. The highest BCUT2D eigenvalue weighted by Crippen LogP contribution is 2.44. The molecule has 1 aromatic heterocycles. The number of nitrogens with zero attached hydrogens (tertiary/aromatic N) is 2. The minimum Gasteiger partial charge on any atom is -0.414 e. The Morgan fingerprint density at radius 3 is 2.17 bits per heavy atom. The van der Waals surface area contributed by atoms with Gasteiger partial charge in [0.25, 0.3) is 5.91 Å². The molecule has 0 unspecified atom stereocenters. The number of anilines is 1. The van der Waals surface area contributed by atoms with Crippen LogP contribution in [0.4, 0.5) is 5.82 Å². The summed E-state index contributed by atoms with van der Waals surface area (Å²) in [5.74, 6) is -0.299. The van der Waals surface area contributed by atoms with E-state index in [1.807, 2.05) is 6.07 Å². The number of methoxy groups -OCH3 is 1. The standard InChI is InChI=1S/C33H52BrN3O7Si2/c1-22(34)24-20-26(35-29(38)23-16-14-13-15-17-23)36-31(39)37(24)30-28(41-19-18-40-8)27(44-46(11,12)33(5,6)7)25(43-30)21-42-45(9,10)32(2,3)4/h13-17,20,25,27-28,30H,1,18-19,21H2,2-12H3,(H,35,36,38,39)/t25-,27-,28-,30-/m1/s1. The largest absolute Gasteiger partial charge is 0.414 e. The summed E-state index contributed by atoms with van der Waals surface area (Å²) in [4.78, 5) is 31.0. The van der Waals surface area contributed by atoms with Gasteiger partial charge in [-0.2, -0.15) is 4.98 Å². The number of ether oxygens (including phenoxy) is 3. The van der Waals surface area contributed by atoms with Crippen molar-refractivity contribution in [3.8, 4) is 0 Å². The first-order chi connectivity index (χ1) is 21.2. The number of hydrogen-bond acceptors (Lipinski definition) is 8. The van der Waals surface area contributed by atoms with Crippen LogP contribution < -0.4 is 11.0 Å². The van der Waals surface area contributed by atoms with E-state index in [9.17, 15) is 9.59 Å². The van der Waals surface area contributed by atoms with E-state index in [-0.39, 0.29) is 35.0 Å². The van der Waals surface area contributed by atoms with Crippen molar-refractivity contribution in [2.75, 3.05) is 32.2 Å². The zero-order valence-electron chi connectivity index (χ0n) is 29.2. The van der Waals surface area contributed by atoms with E-state index < -0.39 is 46.9 Å². The predicted octanol–water partition coefficient (Wildman–Crippen LogP) is 7.20. The number of halogens is 1. The maximum atomic E-state index is 13.9. The van der Waals surface area contributed by atoms with Crippen LogP contribution in [0.25, 0.3) is 4.48 Å². The van der Waals surface area contributed by atoms with Crippen LogP contribution in [0.15, 0.2) is 47.8 Å². The summed E-state index contributed by atoms with van der Waals surface area (Å²) in [6, 6.07) is 10.3. The highest BCUT2D eigenvalue weighted by atomic mass is 79.9. The van der Waals surface area contributed by atoms with E-state index in [0.29, 0.717) is 22.3 Å². The Balaban J connectivity index is 2.11. The molecule has 0 radical (unpaired) electrons. The maximum Gasteiger partial charge on any atom is 0.352 e. The first-order valence-corrected chi connectivity index (χ1v) is 22.2. The van der Waals surface area contributed by atoms with E-state index in [0.717, 1.165) is 0 Å². The fourth-order valence-electron chi connectivity index (χ4n) is 4.45. The van der Waals surface area contributed by atoms with Crippen LogP contribution in [-0.4, -0.2) is 77.3 Å². The molecule has 1 N–H and O–H groups in total. The van der Waals surface area contributed by atoms with Gasteiger partial charge in [-0.25, -0.2) is 4.79 Å². The summed E-state index contributed by atoms with van der Waals surface area (Å²) in [6.07, 6.45) is -2.72. The van der Waals surface area contributed by atoms with Crippen molar-refractivity contribution in [3.63, 3.8) is 0 Å². The number of nitrogens with one attached hydrogen (secondary N) is 1. The van der Waals surface area contributed by atoms with Crippen LogP contribution in [-0.2, 0) is 23.1 Å². The normalized spacial score (nSPS) is 21.0. The molecule has 0 bridgehead atoms. The average Bonchev–Trinajstić information content (AvgIpc) is 3.26. The second-order valence-electron chi connectivity index (χ2n) is 14.7. The average molecular weight is 739 g/mol. The van der Waals surface area contributed by atoms with Gasteiger partial charge in [0.2, 0.25) is 0 Å². The van der Waals surface area contributed by atoms with Gasteiger partial charge in [0.1, 0.15) is 24.1 Å². The van der Waals surface area contributed by atoms with E-state index in [1.165, 1.54) is 4.57 Å². The van der Waals surface area contributed by atoms with Gasteiger partial charge in [-0.05, 0) is 64.3 Å². The molecule has 2 heterocycles. The van der Waals surface area contributed by atoms with Gasteiger partial charge in [0.05, 0.1) is 25.5 Å². The van der Waals surface area contributed by atoms with E-state index in [2.05, 4.69) is 101 Å². The summed E-state index contributed by atoms with van der Waals surface area (Å²) in [6.45, 7) is 26.8. The third kappa shape index (κ3) is 9.13. The Kier molecular flexibility index (Phi) is 12.6. The van der Waals surface area contributed by atoms with Crippen LogP contribution in [0.5, 0.6) is 0 Å². The third-order valence-corrected chi connectivity index (χ3v) is 18.7. The SMILES string of the molecule is C=C(Br)c1cc(NC(=O)c2ccccc2)nc(=O)n1[C@@H]1O[C@H](CO[Si](C)(C)C(C)(C)C)[C@@H](O[Si](C)(C)C(C)(C)C)[C@H]1OCCOC. The van der Waals surface area contributed by atoms with Gasteiger partial charge >= 0.3 is 5.69 Å². The molecule has 1 aliphatic heterocycles. The lowest BCUT2D eigenvalue weighted by Gasteiger charge is -2.41. The second kappa shape index (κ2) is 15.1. The van der Waals surface area contributed by atoms with Crippen LogP contribution >= 0.6 is 15.9 Å². The van der Waals surface area contributed by atoms with Gasteiger partial charge in [0, 0.05) is 23.2 Å². The molecule has 2 aromatic rings. The van der Waals surface area contributed by atoms with Gasteiger partial charge < -0.3 is 28.4 Å². The van der Waals surface area contributed by atoms with Crippen molar-refractivity contribution in [1.82, 2.24) is 9.55 Å². The molecule has 13 heteroatoms. The minimum absolute atomic E-state index is 0.0170. The molecule has 0 spiro atoms. The van der Waals surface area contributed by atoms with E-state index in [4.69, 9.17) is 23.1 Å². The summed E-state index contributed by atoms with van der Waals surface area (Å²) >= 11 is 3.47. The lowest BCUT2D eigenvalue weighted by Crippen LogP contribution is -2.52. The van der Waals surface area contributed by atoms with E-state index in [1.54, 1.807) is 37.4 Å². The maximum absolute atomic E-state index is 13.9. The first-order valence-electron chi connectivity index (χ1n) is 15.6. The van der Waals surface area contributed by atoms with Crippen LogP contribution in [0.1, 0.15) is 63.8 Å². The Morgan fingerprint density at radius 2 is 1.63 bits per heavy atom. The summed E-state index contributed by atoms with van der Waals surface area (Å²) in [5, 5.41) is 2.62. The second-order valence-corrected chi connectivity index (χ2v) is 25.2. The van der Waals surface area contributed by atoms with Crippen LogP contribution in [0.3, 0.4) is 0 Å². The molecule has 0 aliphatic carbocycles. The number of amides is 1. The molecule has 4 atom stereocenters. The van der Waals surface area contributed by atoms with Gasteiger partial charge in [-0.3, -0.25) is 9.36 Å². The smallest absolute Gasteiger partial charge is 0.352 e. The lowest BCUT2D eigenvalue weighted by molar-refractivity contribution is -0.0811. The van der Waals surface area contributed by atoms with Crippen LogP contribution in [0.2, 0.25) is 36.3 Å². The quantitative estimate of drug-likeness (QED) is 0.170. The molecule has 3 rings (SSSR count). The number of rotatable bonds is 13. The zero-order chi connectivity index (χ0) is 34.7. The number of hydrogen-bond donors (Lipinski definition) is 1. The monoisotopic (exact) mass is 737 g/mol. The molecule has 1 saturated heterocycles. The molecule has 1 aromatic carbocycles. The van der Waals surface area contributed by atoms with Crippen molar-refractivity contribution in [1.29, 1.82) is 0 Å². The summed E-state index contributed by atoms with van der Waals surface area (Å²) < 4.78 is 34.0. The van der Waals surface area contributed by atoms with Gasteiger partial charge in [0.15, 0.2) is 22.9 Å². The number of carbonyl (C=O) groups is 1. The molecule has 1 aliphatic rings. The molecule has 10 nitrogen and oxygen atoms in total. The molecule has 1 amide bonds. The Morgan fingerprint density at radius 1 is 1.02 bits per heavy atom. The van der Waals surface area contributed by atoms with Gasteiger partial charge in [-0.15, -0.1) is 0 Å². The highest BCUT2D eigenvalue weighted by molar-refractivity contribution is 9.15. The predicted molar refractivity (Wildman–Crippen MR) is 192 cm³/mol. The minimum atomic E-state index is -2.36. The molecule has 46 heavy (non-hydrogen) atoms. The molecular formula is C33H52BrN3O7Si2. The molecule has 256 valence electrons. The van der Waals surface area contributed by atoms with Crippen molar-refractivity contribution in [3.05, 3.63) is 64.7 Å². The fourth-order valence-corrected chi connectivity index (χ4v) is 7.09. The van der Waals surface area contributed by atoms with E-state index >= 15 is 0 Å². The number of carbonyl (C=O) groups excluding carboxylic acids is 1. The number of benzene rings is 1. The van der Waals surface area contributed by atoms with Crippen molar-refractivity contribution >= 4 is 48.8 Å². The van der Waals surface area contributed by atoms with Gasteiger partial charge in [-0.1, -0.05) is 66.3 Å². The van der Waals surface area contributed by atoms with Crippen molar-refractivity contribution in [2.45, 2.75) is 102 Å². The molecule has 0 saturated carbocycles. The summed E-state index contributed by atoms with van der Waals surface area (Å²) in [7, 11) is -2.93. The topological polar surface area (TPSA) is 110 Å². The fraction of sp³-hybridized carbons (Fsp3) is 0.606. The Hall–Kier alpha value is -1.98. The molecule has 1 fully saturated rings. The van der Waals surface area contributed by atoms with Crippen molar-refractivity contribution in [2.24, 2.45) is 0 Å². The van der Waals surface area contributed by atoms with Crippen molar-refractivity contribution < 1.29 is 27.9 Å². The Bertz CT molecular complexity index is 1420. The lowest BCUT2D eigenvalue weighted by atomic mass is 10.1. The molecular weight excluding hydrogens is 686 g/mol.